The van der Waals surface area contributed by atoms with Crippen LogP contribution in [0.4, 0.5) is 10.1 Å². The Kier molecular flexibility index (Phi) is 2.86. The largest absolute Gasteiger partial charge is 0.334 e. The summed E-state index contributed by atoms with van der Waals surface area (Å²) < 4.78 is 14.4. The van der Waals surface area contributed by atoms with Crippen LogP contribution < -0.4 is 5.32 Å². The Labute approximate surface area is 103 Å². The maximum atomic E-state index is 12.6. The second kappa shape index (κ2) is 4.34. The Hall–Kier alpha value is -2.61. The molecule has 0 radical (unpaired) electrons. The van der Waals surface area contributed by atoms with Crippen molar-refractivity contribution in [2.45, 2.75) is 0 Å². The van der Waals surface area contributed by atoms with Gasteiger partial charge in [0.05, 0.1) is 17.4 Å². The number of aryl methyl sites for hydroxylation is 1. The zero-order valence-corrected chi connectivity index (χ0v) is 9.70. The number of anilines is 1. The molecule has 1 N–H and O–H groups in total. The number of pyridine rings is 1. The number of amides is 1. The van der Waals surface area contributed by atoms with E-state index in [0.717, 1.165) is 5.39 Å². The Morgan fingerprint density at radius 2 is 2.39 bits per heavy atom. The van der Waals surface area contributed by atoms with Crippen molar-refractivity contribution in [1.29, 1.82) is 0 Å². The molecule has 0 bridgehead atoms. The molecule has 5 heteroatoms. The molecule has 0 aliphatic carbocycles. The van der Waals surface area contributed by atoms with Crippen molar-refractivity contribution < 1.29 is 9.18 Å². The first-order valence-electron chi connectivity index (χ1n) is 5.10. The molecule has 18 heavy (non-hydrogen) atoms. The molecule has 0 aromatic carbocycles. The van der Waals surface area contributed by atoms with E-state index in [0.29, 0.717) is 16.9 Å². The van der Waals surface area contributed by atoms with Crippen molar-refractivity contribution >= 4 is 22.6 Å². The van der Waals surface area contributed by atoms with Gasteiger partial charge in [-0.25, -0.2) is 9.37 Å². The monoisotopic (exact) mass is 243 g/mol. The lowest BCUT2D eigenvalue weighted by molar-refractivity contribution is -0.114. The maximum Gasteiger partial charge on any atom is 0.283 e. The molecule has 0 unspecified atom stereocenters. The van der Waals surface area contributed by atoms with Crippen molar-refractivity contribution in [1.82, 2.24) is 9.55 Å². The Morgan fingerprint density at radius 3 is 3.00 bits per heavy atom. The molecule has 2 aromatic heterocycles. The van der Waals surface area contributed by atoms with Crippen LogP contribution in [-0.4, -0.2) is 15.5 Å². The molecule has 0 saturated heterocycles. The molecule has 2 heterocycles. The average Bonchev–Trinajstić information content (AvgIpc) is 2.65. The highest BCUT2D eigenvalue weighted by atomic mass is 19.1. The minimum Gasteiger partial charge on any atom is -0.334 e. The third-order valence-electron chi connectivity index (χ3n) is 2.47. The minimum atomic E-state index is -1.06. The third-order valence-corrected chi connectivity index (χ3v) is 2.47. The molecule has 0 atom stereocenters. The molecular formula is C13H10FN3O. The summed E-state index contributed by atoms with van der Waals surface area (Å²) >= 11 is 0. The second-order valence-corrected chi connectivity index (χ2v) is 3.75. The number of aromatic nitrogens is 2. The first-order valence-corrected chi connectivity index (χ1v) is 5.10. The molecular weight excluding hydrogens is 233 g/mol. The summed E-state index contributed by atoms with van der Waals surface area (Å²) in [6.07, 6.45) is 8.57. The smallest absolute Gasteiger partial charge is 0.283 e. The normalized spacial score (nSPS) is 10.1. The van der Waals surface area contributed by atoms with Crippen molar-refractivity contribution in [2.75, 3.05) is 5.32 Å². The lowest BCUT2D eigenvalue weighted by atomic mass is 10.2. The van der Waals surface area contributed by atoms with E-state index in [1.165, 1.54) is 6.20 Å². The number of halogens is 1. The predicted molar refractivity (Wildman–Crippen MR) is 67.5 cm³/mol. The molecule has 90 valence electrons. The van der Waals surface area contributed by atoms with Gasteiger partial charge in [-0.1, -0.05) is 12.5 Å². The lowest BCUT2D eigenvalue weighted by Gasteiger charge is -2.03. The van der Waals surface area contributed by atoms with Gasteiger partial charge in [-0.05, 0) is 6.07 Å². The van der Waals surface area contributed by atoms with Gasteiger partial charge in [0.2, 0.25) is 0 Å². The van der Waals surface area contributed by atoms with Crippen LogP contribution in [0, 0.1) is 12.3 Å². The van der Waals surface area contributed by atoms with Crippen LogP contribution in [0.15, 0.2) is 30.9 Å². The van der Waals surface area contributed by atoms with Gasteiger partial charge in [-0.2, -0.15) is 0 Å². The van der Waals surface area contributed by atoms with Gasteiger partial charge in [0, 0.05) is 18.6 Å². The summed E-state index contributed by atoms with van der Waals surface area (Å²) in [7, 11) is 1.82. The molecule has 0 fully saturated rings. The molecule has 0 aliphatic rings. The summed E-state index contributed by atoms with van der Waals surface area (Å²) in [6, 6.07) is 1.65. The number of hydrogen-bond donors (Lipinski definition) is 1. The van der Waals surface area contributed by atoms with Crippen LogP contribution in [0.5, 0.6) is 0 Å². The van der Waals surface area contributed by atoms with Gasteiger partial charge in [0.1, 0.15) is 5.65 Å². The van der Waals surface area contributed by atoms with E-state index in [-0.39, 0.29) is 0 Å². The lowest BCUT2D eigenvalue weighted by Crippen LogP contribution is -2.11. The molecule has 4 nitrogen and oxygen atoms in total. The number of fused-ring (bicyclic) bond motifs is 1. The van der Waals surface area contributed by atoms with E-state index in [9.17, 15) is 9.18 Å². The quantitative estimate of drug-likeness (QED) is 0.647. The van der Waals surface area contributed by atoms with Crippen molar-refractivity contribution in [3.63, 3.8) is 0 Å². The van der Waals surface area contributed by atoms with E-state index < -0.39 is 11.7 Å². The van der Waals surface area contributed by atoms with Crippen molar-refractivity contribution in [2.24, 2.45) is 7.05 Å². The first kappa shape index (κ1) is 11.9. The zero-order valence-electron chi connectivity index (χ0n) is 9.70. The Morgan fingerprint density at radius 1 is 1.67 bits per heavy atom. The van der Waals surface area contributed by atoms with Crippen molar-refractivity contribution in [3.8, 4) is 12.3 Å². The number of rotatable bonds is 2. The second-order valence-electron chi connectivity index (χ2n) is 3.75. The molecule has 1 amide bonds. The fourth-order valence-corrected chi connectivity index (χ4v) is 1.64. The maximum absolute atomic E-state index is 12.6. The summed E-state index contributed by atoms with van der Waals surface area (Å²) in [6.45, 7) is 2.92. The van der Waals surface area contributed by atoms with Crippen LogP contribution in [0.25, 0.3) is 11.0 Å². The van der Waals surface area contributed by atoms with E-state index in [1.807, 2.05) is 7.05 Å². The van der Waals surface area contributed by atoms with E-state index in [4.69, 9.17) is 6.42 Å². The van der Waals surface area contributed by atoms with Gasteiger partial charge in [0.25, 0.3) is 5.91 Å². The predicted octanol–water partition coefficient (Wildman–Crippen LogP) is 1.98. The molecule has 0 spiro atoms. The topological polar surface area (TPSA) is 46.9 Å². The number of carbonyl (C=O) groups excluding carboxylic acids is 1. The fraction of sp³-hybridized carbons (Fsp3) is 0.0769. The summed E-state index contributed by atoms with van der Waals surface area (Å²) in [5.74, 6) is 0.580. The number of nitrogens with zero attached hydrogens (tertiary/aromatic N) is 2. The fourth-order valence-electron chi connectivity index (χ4n) is 1.64. The summed E-state index contributed by atoms with van der Waals surface area (Å²) in [4.78, 5) is 15.3. The van der Waals surface area contributed by atoms with Crippen LogP contribution in [0.3, 0.4) is 0 Å². The molecule has 2 rings (SSSR count). The van der Waals surface area contributed by atoms with Crippen LogP contribution in [-0.2, 0) is 11.8 Å². The van der Waals surface area contributed by atoms with E-state index in [2.05, 4.69) is 22.8 Å². The summed E-state index contributed by atoms with van der Waals surface area (Å²) in [5, 5.41) is 3.06. The first-order chi connectivity index (χ1) is 8.52. The van der Waals surface area contributed by atoms with Gasteiger partial charge < -0.3 is 9.88 Å². The summed E-state index contributed by atoms with van der Waals surface area (Å²) in [5.41, 5.74) is 1.73. The highest BCUT2D eigenvalue weighted by molar-refractivity contribution is 6.02. The molecule has 0 aliphatic heterocycles. The minimum absolute atomic E-state index is 0.369. The third kappa shape index (κ3) is 1.96. The Balaban J connectivity index is 2.47. The molecule has 0 saturated carbocycles. The van der Waals surface area contributed by atoms with Crippen LogP contribution in [0.1, 0.15) is 5.56 Å². The van der Waals surface area contributed by atoms with E-state index >= 15 is 0 Å². The number of hydrogen-bond acceptors (Lipinski definition) is 2. The van der Waals surface area contributed by atoms with Gasteiger partial charge in [0.15, 0.2) is 5.83 Å². The van der Waals surface area contributed by atoms with Gasteiger partial charge >= 0.3 is 0 Å². The van der Waals surface area contributed by atoms with E-state index in [1.54, 1.807) is 16.8 Å². The zero-order chi connectivity index (χ0) is 13.3. The SMILES string of the molecule is C#Cc1cn(C)c2ncc(NC(=O)C(=C)F)cc12. The Bertz CT molecular complexity index is 694. The highest BCUT2D eigenvalue weighted by Gasteiger charge is 2.10. The van der Waals surface area contributed by atoms with Crippen LogP contribution in [0.2, 0.25) is 0 Å². The highest BCUT2D eigenvalue weighted by Crippen LogP contribution is 2.21. The molecule has 2 aromatic rings. The number of carbonyl (C=O) groups is 1. The van der Waals surface area contributed by atoms with Gasteiger partial charge in [-0.3, -0.25) is 4.79 Å². The number of terminal acetylenes is 1. The van der Waals surface area contributed by atoms with Crippen LogP contribution >= 0.6 is 0 Å². The number of nitrogens with one attached hydrogen (secondary N) is 1. The van der Waals surface area contributed by atoms with Crippen molar-refractivity contribution in [3.05, 3.63) is 36.4 Å². The average molecular weight is 243 g/mol. The standard InChI is InChI=1S/C13H10FN3O/c1-4-9-7-17(3)12-11(9)5-10(6-15-12)16-13(18)8(2)14/h1,5-7H,2H2,3H3,(H,16,18). The van der Waals surface area contributed by atoms with Gasteiger partial charge in [-0.15, -0.1) is 6.42 Å².